The van der Waals surface area contributed by atoms with Crippen molar-refractivity contribution in [3.8, 4) is 40.1 Å². The van der Waals surface area contributed by atoms with Crippen molar-refractivity contribution in [1.29, 1.82) is 0 Å². The summed E-state index contributed by atoms with van der Waals surface area (Å²) in [5.41, 5.74) is 1.84. The molecule has 43 heavy (non-hydrogen) atoms. The van der Waals surface area contributed by atoms with Gasteiger partial charge in [-0.3, -0.25) is 34.6 Å². The molecular formula is C31H25N7O5. The van der Waals surface area contributed by atoms with Crippen molar-refractivity contribution in [3.05, 3.63) is 113 Å². The van der Waals surface area contributed by atoms with Crippen molar-refractivity contribution < 1.29 is 19.0 Å². The van der Waals surface area contributed by atoms with Crippen LogP contribution < -0.4 is 25.1 Å². The lowest BCUT2D eigenvalue weighted by molar-refractivity contribution is 0.0950. The van der Waals surface area contributed by atoms with E-state index < -0.39 is 11.5 Å². The number of para-hydroxylation sites is 1. The van der Waals surface area contributed by atoms with Crippen molar-refractivity contribution in [3.63, 3.8) is 0 Å². The van der Waals surface area contributed by atoms with E-state index in [4.69, 9.17) is 14.2 Å². The summed E-state index contributed by atoms with van der Waals surface area (Å²) in [5.74, 6) is 1.59. The van der Waals surface area contributed by atoms with Crippen molar-refractivity contribution in [1.82, 2.24) is 35.0 Å². The number of nitrogens with zero attached hydrogens (tertiary/aromatic N) is 5. The maximum absolute atomic E-state index is 13.4. The molecule has 0 bridgehead atoms. The number of pyridine rings is 2. The molecule has 12 heteroatoms. The molecule has 0 saturated carbocycles. The van der Waals surface area contributed by atoms with Crippen LogP contribution in [0, 0.1) is 0 Å². The number of fused-ring (bicyclic) bond motifs is 1. The molecular weight excluding hydrogens is 550 g/mol. The highest BCUT2D eigenvalue weighted by molar-refractivity contribution is 5.99. The molecule has 0 spiro atoms. The first kappa shape index (κ1) is 27.1. The molecule has 0 aliphatic rings. The Bertz CT molecular complexity index is 1960. The lowest BCUT2D eigenvalue weighted by atomic mass is 10.2. The van der Waals surface area contributed by atoms with Gasteiger partial charge in [0.2, 0.25) is 0 Å². The van der Waals surface area contributed by atoms with Gasteiger partial charge in [-0.05, 0) is 36.4 Å². The van der Waals surface area contributed by atoms with E-state index in [-0.39, 0.29) is 17.8 Å². The molecule has 0 atom stereocenters. The summed E-state index contributed by atoms with van der Waals surface area (Å²) in [6, 6.07) is 17.8. The molecule has 0 aliphatic heterocycles. The number of rotatable bonds is 9. The molecule has 0 saturated heterocycles. The minimum atomic E-state index is -0.577. The summed E-state index contributed by atoms with van der Waals surface area (Å²) < 4.78 is 18.2. The standard InChI is InChI=1S/C31H25N7O5/c1-41-26-14-22-23(15-27(26)42-2)33-11-10-25(22)43-21-9-8-19(35-17-21)16-36-30(39)28-29(24-18-32-12-13-34-24)37-38(31(28)40)20-6-4-3-5-7-20/h3-15,17-18,37H,16H2,1-2H3,(H,36,39). The molecule has 0 aliphatic carbocycles. The Balaban J connectivity index is 1.21. The van der Waals surface area contributed by atoms with Gasteiger partial charge in [-0.15, -0.1) is 0 Å². The first-order valence-electron chi connectivity index (χ1n) is 13.1. The molecule has 214 valence electrons. The van der Waals surface area contributed by atoms with Crippen LogP contribution in [-0.4, -0.2) is 49.8 Å². The fraction of sp³-hybridized carbons (Fsp3) is 0.0968. The third-order valence-electron chi connectivity index (χ3n) is 6.61. The molecule has 4 heterocycles. The fourth-order valence-electron chi connectivity index (χ4n) is 4.52. The summed E-state index contributed by atoms with van der Waals surface area (Å²) in [7, 11) is 3.13. The van der Waals surface area contributed by atoms with Crippen molar-refractivity contribution >= 4 is 16.8 Å². The Morgan fingerprint density at radius 3 is 2.42 bits per heavy atom. The van der Waals surface area contributed by atoms with Crippen LogP contribution >= 0.6 is 0 Å². The van der Waals surface area contributed by atoms with Gasteiger partial charge < -0.3 is 19.5 Å². The minimum Gasteiger partial charge on any atom is -0.493 e. The van der Waals surface area contributed by atoms with Crippen LogP contribution in [-0.2, 0) is 6.54 Å². The summed E-state index contributed by atoms with van der Waals surface area (Å²) in [6.45, 7) is 0.0736. The topological polar surface area (TPSA) is 146 Å². The summed E-state index contributed by atoms with van der Waals surface area (Å²) >= 11 is 0. The normalized spacial score (nSPS) is 10.8. The first-order chi connectivity index (χ1) is 21.1. The molecule has 4 aromatic heterocycles. The number of hydrogen-bond acceptors (Lipinski definition) is 9. The maximum Gasteiger partial charge on any atom is 0.284 e. The molecule has 2 N–H and O–H groups in total. The Morgan fingerprint density at radius 2 is 1.70 bits per heavy atom. The van der Waals surface area contributed by atoms with E-state index in [2.05, 4.69) is 30.4 Å². The van der Waals surface area contributed by atoms with E-state index in [1.807, 2.05) is 6.07 Å². The first-order valence-corrected chi connectivity index (χ1v) is 13.1. The van der Waals surface area contributed by atoms with E-state index in [0.29, 0.717) is 45.6 Å². The summed E-state index contributed by atoms with van der Waals surface area (Å²) in [4.78, 5) is 43.9. The highest BCUT2D eigenvalue weighted by atomic mass is 16.5. The van der Waals surface area contributed by atoms with Crippen LogP contribution in [0.5, 0.6) is 23.0 Å². The van der Waals surface area contributed by atoms with Crippen LogP contribution in [0.3, 0.4) is 0 Å². The zero-order valence-electron chi connectivity index (χ0n) is 23.1. The SMILES string of the molecule is COc1cc2nccc(Oc3ccc(CNC(=O)c4c(-c5cnccn5)[nH]n(-c5ccccc5)c4=O)nc3)c2cc1OC. The van der Waals surface area contributed by atoms with E-state index in [1.54, 1.807) is 81.2 Å². The average molecular weight is 576 g/mol. The number of nitrogens with one attached hydrogen (secondary N) is 2. The number of H-pyrrole nitrogens is 1. The van der Waals surface area contributed by atoms with Gasteiger partial charge in [-0.2, -0.15) is 0 Å². The Kier molecular flexibility index (Phi) is 7.47. The number of hydrogen-bond donors (Lipinski definition) is 2. The predicted octanol–water partition coefficient (Wildman–Crippen LogP) is 4.31. The zero-order valence-corrected chi connectivity index (χ0v) is 23.1. The van der Waals surface area contributed by atoms with Crippen LogP contribution in [0.25, 0.3) is 28.0 Å². The van der Waals surface area contributed by atoms with E-state index >= 15 is 0 Å². The average Bonchev–Trinajstić information content (AvgIpc) is 3.41. The minimum absolute atomic E-state index is 0.0736. The van der Waals surface area contributed by atoms with Gasteiger partial charge in [0, 0.05) is 30.0 Å². The van der Waals surface area contributed by atoms with E-state index in [1.165, 1.54) is 23.3 Å². The smallest absolute Gasteiger partial charge is 0.284 e. The highest BCUT2D eigenvalue weighted by Crippen LogP contribution is 2.36. The lowest BCUT2D eigenvalue weighted by Crippen LogP contribution is -2.29. The van der Waals surface area contributed by atoms with Gasteiger partial charge in [0.1, 0.15) is 28.5 Å². The maximum atomic E-state index is 13.4. The monoisotopic (exact) mass is 575 g/mol. The second-order valence-electron chi connectivity index (χ2n) is 9.23. The number of methoxy groups -OCH3 is 2. The van der Waals surface area contributed by atoms with Gasteiger partial charge in [0.05, 0.1) is 50.1 Å². The summed E-state index contributed by atoms with van der Waals surface area (Å²) in [6.07, 6.45) is 7.68. The summed E-state index contributed by atoms with van der Waals surface area (Å²) in [5, 5.41) is 6.54. The van der Waals surface area contributed by atoms with Gasteiger partial charge in [-0.25, -0.2) is 4.68 Å². The number of ether oxygens (including phenoxy) is 3. The highest BCUT2D eigenvalue weighted by Gasteiger charge is 2.24. The van der Waals surface area contributed by atoms with E-state index in [9.17, 15) is 9.59 Å². The van der Waals surface area contributed by atoms with Crippen LogP contribution in [0.15, 0.2) is 96.4 Å². The number of aromatic amines is 1. The van der Waals surface area contributed by atoms with Gasteiger partial charge in [-0.1, -0.05) is 18.2 Å². The zero-order chi connectivity index (χ0) is 29.8. The number of carbonyl (C=O) groups excluding carboxylic acids is 1. The second-order valence-corrected chi connectivity index (χ2v) is 9.23. The molecule has 1 amide bonds. The molecule has 0 fully saturated rings. The Labute approximate surface area is 245 Å². The third kappa shape index (κ3) is 5.48. The van der Waals surface area contributed by atoms with Crippen molar-refractivity contribution in [2.24, 2.45) is 0 Å². The number of benzene rings is 2. The molecule has 0 unspecified atom stereocenters. The van der Waals surface area contributed by atoms with Crippen molar-refractivity contribution in [2.75, 3.05) is 14.2 Å². The van der Waals surface area contributed by atoms with Gasteiger partial charge in [0.15, 0.2) is 11.5 Å². The Hall–Kier alpha value is -6.04. The number of carbonyl (C=O) groups is 1. The van der Waals surface area contributed by atoms with E-state index in [0.717, 1.165) is 5.39 Å². The fourth-order valence-corrected chi connectivity index (χ4v) is 4.52. The lowest BCUT2D eigenvalue weighted by Gasteiger charge is -2.12. The number of aromatic nitrogens is 6. The molecule has 12 nitrogen and oxygen atoms in total. The quantitative estimate of drug-likeness (QED) is 0.258. The third-order valence-corrected chi connectivity index (χ3v) is 6.61. The van der Waals surface area contributed by atoms with Gasteiger partial charge >= 0.3 is 0 Å². The van der Waals surface area contributed by atoms with Crippen LogP contribution in [0.2, 0.25) is 0 Å². The van der Waals surface area contributed by atoms with Crippen molar-refractivity contribution in [2.45, 2.75) is 6.54 Å². The molecule has 6 aromatic rings. The number of amides is 1. The second kappa shape index (κ2) is 11.8. The van der Waals surface area contributed by atoms with Crippen LogP contribution in [0.4, 0.5) is 0 Å². The molecule has 6 rings (SSSR count). The Morgan fingerprint density at radius 1 is 0.884 bits per heavy atom. The molecule has 0 radical (unpaired) electrons. The predicted molar refractivity (Wildman–Crippen MR) is 158 cm³/mol. The van der Waals surface area contributed by atoms with Gasteiger partial charge in [0.25, 0.3) is 11.5 Å². The molecule has 2 aromatic carbocycles. The van der Waals surface area contributed by atoms with Crippen LogP contribution in [0.1, 0.15) is 16.1 Å². The largest absolute Gasteiger partial charge is 0.493 e.